The van der Waals surface area contributed by atoms with Crippen LogP contribution in [0.4, 0.5) is 11.5 Å². The van der Waals surface area contributed by atoms with Crippen LogP contribution in [0, 0.1) is 0 Å². The number of nitrogens with two attached hydrogens (primary N) is 1. The lowest BCUT2D eigenvalue weighted by atomic mass is 10.1. The van der Waals surface area contributed by atoms with E-state index in [9.17, 15) is 0 Å². The summed E-state index contributed by atoms with van der Waals surface area (Å²) in [5, 5.41) is 0. The molecule has 0 aliphatic heterocycles. The second-order valence-electron chi connectivity index (χ2n) is 4.28. The van der Waals surface area contributed by atoms with Crippen molar-refractivity contribution in [1.29, 1.82) is 0 Å². The van der Waals surface area contributed by atoms with Crippen LogP contribution < -0.4 is 15.4 Å². The third kappa shape index (κ3) is 3.13. The van der Waals surface area contributed by atoms with E-state index in [0.29, 0.717) is 17.4 Å². The number of rotatable bonds is 5. The highest BCUT2D eigenvalue weighted by molar-refractivity contribution is 5.67. The fourth-order valence-electron chi connectivity index (χ4n) is 1.88. The van der Waals surface area contributed by atoms with Crippen LogP contribution >= 0.6 is 0 Å². The van der Waals surface area contributed by atoms with Gasteiger partial charge in [0.05, 0.1) is 7.11 Å². The summed E-state index contributed by atoms with van der Waals surface area (Å²) in [5.41, 5.74) is 7.73. The molecule has 1 aromatic carbocycles. The van der Waals surface area contributed by atoms with E-state index in [4.69, 9.17) is 10.5 Å². The van der Waals surface area contributed by atoms with Gasteiger partial charge in [0.15, 0.2) is 5.82 Å². The van der Waals surface area contributed by atoms with Gasteiger partial charge in [0.2, 0.25) is 5.88 Å². The molecule has 1 aromatic heterocycles. The zero-order valence-corrected chi connectivity index (χ0v) is 11.2. The smallest absolute Gasteiger partial charge is 0.242 e. The molecule has 0 aliphatic rings. The minimum Gasteiger partial charge on any atom is -0.479 e. The normalized spacial score (nSPS) is 10.2. The Bertz CT molecular complexity index is 530. The average Bonchev–Trinajstić information content (AvgIpc) is 2.46. The SMILES string of the molecule is COc1ncnc(N(C)CCc2ccccc2)c1N. The molecule has 0 radical (unpaired) electrons. The summed E-state index contributed by atoms with van der Waals surface area (Å²) in [5.74, 6) is 1.11. The summed E-state index contributed by atoms with van der Waals surface area (Å²) < 4.78 is 5.10. The first-order valence-corrected chi connectivity index (χ1v) is 6.12. The lowest BCUT2D eigenvalue weighted by Gasteiger charge is -2.20. The van der Waals surface area contributed by atoms with Gasteiger partial charge < -0.3 is 15.4 Å². The van der Waals surface area contributed by atoms with Crippen molar-refractivity contribution in [2.45, 2.75) is 6.42 Å². The predicted octanol–water partition coefficient (Wildman–Crippen LogP) is 1.75. The molecule has 100 valence electrons. The zero-order chi connectivity index (χ0) is 13.7. The van der Waals surface area contributed by atoms with Crippen LogP contribution in [0.15, 0.2) is 36.7 Å². The van der Waals surface area contributed by atoms with Gasteiger partial charge in [0, 0.05) is 13.6 Å². The Kier molecular flexibility index (Phi) is 4.18. The summed E-state index contributed by atoms with van der Waals surface area (Å²) in [4.78, 5) is 10.2. The highest BCUT2D eigenvalue weighted by atomic mass is 16.5. The minimum absolute atomic E-state index is 0.413. The molecule has 0 fully saturated rings. The van der Waals surface area contributed by atoms with Gasteiger partial charge in [-0.2, -0.15) is 4.98 Å². The molecule has 0 unspecified atom stereocenters. The number of nitrogen functional groups attached to an aromatic ring is 1. The van der Waals surface area contributed by atoms with Crippen molar-refractivity contribution in [3.05, 3.63) is 42.2 Å². The predicted molar refractivity (Wildman–Crippen MR) is 76.4 cm³/mol. The molecule has 5 nitrogen and oxygen atoms in total. The first kappa shape index (κ1) is 13.1. The molecule has 0 spiro atoms. The number of aromatic nitrogens is 2. The van der Waals surface area contributed by atoms with E-state index in [1.807, 2.05) is 30.1 Å². The topological polar surface area (TPSA) is 64.3 Å². The highest BCUT2D eigenvalue weighted by Crippen LogP contribution is 2.26. The number of hydrogen-bond donors (Lipinski definition) is 1. The van der Waals surface area contributed by atoms with E-state index < -0.39 is 0 Å². The maximum absolute atomic E-state index is 5.97. The Morgan fingerprint density at radius 2 is 1.95 bits per heavy atom. The van der Waals surface area contributed by atoms with Crippen molar-refractivity contribution in [2.24, 2.45) is 0 Å². The number of likely N-dealkylation sites (N-methyl/N-ethyl adjacent to an activating group) is 1. The highest BCUT2D eigenvalue weighted by Gasteiger charge is 2.12. The fourth-order valence-corrected chi connectivity index (χ4v) is 1.88. The van der Waals surface area contributed by atoms with Gasteiger partial charge in [-0.05, 0) is 12.0 Å². The van der Waals surface area contributed by atoms with Crippen molar-refractivity contribution in [1.82, 2.24) is 9.97 Å². The van der Waals surface area contributed by atoms with E-state index in [1.165, 1.54) is 11.9 Å². The second kappa shape index (κ2) is 6.04. The van der Waals surface area contributed by atoms with E-state index in [2.05, 4.69) is 22.1 Å². The lowest BCUT2D eigenvalue weighted by Crippen LogP contribution is -2.23. The van der Waals surface area contributed by atoms with Crippen LogP contribution in [0.3, 0.4) is 0 Å². The molecule has 2 N–H and O–H groups in total. The minimum atomic E-state index is 0.413. The summed E-state index contributed by atoms with van der Waals surface area (Å²) >= 11 is 0. The van der Waals surface area contributed by atoms with Gasteiger partial charge in [-0.1, -0.05) is 30.3 Å². The molecule has 0 atom stereocenters. The van der Waals surface area contributed by atoms with E-state index >= 15 is 0 Å². The Hall–Kier alpha value is -2.30. The maximum atomic E-state index is 5.97. The van der Waals surface area contributed by atoms with Crippen molar-refractivity contribution < 1.29 is 4.74 Å². The van der Waals surface area contributed by atoms with Crippen LogP contribution in [0.2, 0.25) is 0 Å². The van der Waals surface area contributed by atoms with Gasteiger partial charge in [-0.25, -0.2) is 4.98 Å². The molecular weight excluding hydrogens is 240 g/mol. The third-order valence-corrected chi connectivity index (χ3v) is 2.96. The summed E-state index contributed by atoms with van der Waals surface area (Å²) in [6.45, 7) is 0.828. The summed E-state index contributed by atoms with van der Waals surface area (Å²) in [6.07, 6.45) is 2.40. The standard InChI is InChI=1S/C14H18N4O/c1-18(9-8-11-6-4-3-5-7-11)13-12(15)14(19-2)17-10-16-13/h3-7,10H,8-9,15H2,1-2H3. The number of anilines is 2. The van der Waals surface area contributed by atoms with Crippen LogP contribution in [0.5, 0.6) is 5.88 Å². The summed E-state index contributed by atoms with van der Waals surface area (Å²) in [7, 11) is 3.51. The quantitative estimate of drug-likeness (QED) is 0.885. The molecular formula is C14H18N4O. The van der Waals surface area contributed by atoms with Gasteiger partial charge in [0.25, 0.3) is 0 Å². The second-order valence-corrected chi connectivity index (χ2v) is 4.28. The number of methoxy groups -OCH3 is 1. The van der Waals surface area contributed by atoms with Crippen LogP contribution in [0.1, 0.15) is 5.56 Å². The zero-order valence-electron chi connectivity index (χ0n) is 11.2. The molecule has 0 saturated heterocycles. The monoisotopic (exact) mass is 258 g/mol. The van der Waals surface area contributed by atoms with Crippen LogP contribution in [-0.4, -0.2) is 30.7 Å². The van der Waals surface area contributed by atoms with E-state index in [0.717, 1.165) is 13.0 Å². The lowest BCUT2D eigenvalue weighted by molar-refractivity contribution is 0.399. The summed E-state index contributed by atoms with van der Waals surface area (Å²) in [6, 6.07) is 10.3. The molecule has 0 aliphatic carbocycles. The van der Waals surface area contributed by atoms with E-state index in [-0.39, 0.29) is 0 Å². The number of hydrogen-bond acceptors (Lipinski definition) is 5. The molecule has 2 rings (SSSR count). The number of ether oxygens (including phenoxy) is 1. The Morgan fingerprint density at radius 3 is 2.63 bits per heavy atom. The Balaban J connectivity index is 2.06. The Morgan fingerprint density at radius 1 is 1.21 bits per heavy atom. The van der Waals surface area contributed by atoms with Crippen LogP contribution in [0.25, 0.3) is 0 Å². The largest absolute Gasteiger partial charge is 0.479 e. The molecule has 5 heteroatoms. The van der Waals surface area contributed by atoms with Crippen molar-refractivity contribution in [3.63, 3.8) is 0 Å². The van der Waals surface area contributed by atoms with Crippen LogP contribution in [-0.2, 0) is 6.42 Å². The molecule has 1 heterocycles. The van der Waals surface area contributed by atoms with Crippen molar-refractivity contribution in [3.8, 4) is 5.88 Å². The van der Waals surface area contributed by atoms with Crippen molar-refractivity contribution >= 4 is 11.5 Å². The Labute approximate surface area is 113 Å². The number of nitrogens with zero attached hydrogens (tertiary/aromatic N) is 3. The van der Waals surface area contributed by atoms with Crippen molar-refractivity contribution in [2.75, 3.05) is 31.3 Å². The molecule has 19 heavy (non-hydrogen) atoms. The molecule has 0 bridgehead atoms. The van der Waals surface area contributed by atoms with Gasteiger partial charge >= 0.3 is 0 Å². The average molecular weight is 258 g/mol. The first-order valence-electron chi connectivity index (χ1n) is 6.12. The van der Waals surface area contributed by atoms with Gasteiger partial charge in [0.1, 0.15) is 12.0 Å². The van der Waals surface area contributed by atoms with Gasteiger partial charge in [-0.15, -0.1) is 0 Å². The fraction of sp³-hybridized carbons (Fsp3) is 0.286. The number of benzene rings is 1. The molecule has 0 amide bonds. The van der Waals surface area contributed by atoms with Gasteiger partial charge in [-0.3, -0.25) is 0 Å². The van der Waals surface area contributed by atoms with E-state index in [1.54, 1.807) is 7.11 Å². The third-order valence-electron chi connectivity index (χ3n) is 2.96. The maximum Gasteiger partial charge on any atom is 0.242 e. The molecule has 0 saturated carbocycles. The first-order chi connectivity index (χ1) is 9.22. The molecule has 2 aromatic rings.